The highest BCUT2D eigenvalue weighted by Gasteiger charge is 2.18. The van der Waals surface area contributed by atoms with Crippen molar-refractivity contribution in [3.63, 3.8) is 0 Å². The molecule has 2 heterocycles. The number of hydrogen-bond donors (Lipinski definition) is 2. The summed E-state index contributed by atoms with van der Waals surface area (Å²) in [6.45, 7) is 3.62. The van der Waals surface area contributed by atoms with Crippen molar-refractivity contribution in [1.29, 1.82) is 0 Å². The normalized spacial score (nSPS) is 14.6. The van der Waals surface area contributed by atoms with E-state index in [0.29, 0.717) is 23.8 Å². The minimum atomic E-state index is -0.216. The summed E-state index contributed by atoms with van der Waals surface area (Å²) in [4.78, 5) is 27.7. The van der Waals surface area contributed by atoms with Gasteiger partial charge in [-0.1, -0.05) is 11.6 Å². The van der Waals surface area contributed by atoms with Gasteiger partial charge in [0, 0.05) is 34.6 Å². The molecule has 1 saturated heterocycles. The number of carbonyl (C=O) groups excluding carboxylic acids is 2. The lowest BCUT2D eigenvalue weighted by Gasteiger charge is -2.29. The van der Waals surface area contributed by atoms with Gasteiger partial charge in [0.1, 0.15) is 0 Å². The lowest BCUT2D eigenvalue weighted by atomic mass is 10.2. The molecule has 0 aliphatic carbocycles. The molecule has 3 rings (SSSR count). The average molecular weight is 376 g/mol. The van der Waals surface area contributed by atoms with E-state index < -0.39 is 0 Å². The number of piperazine rings is 1. The van der Waals surface area contributed by atoms with Crippen molar-refractivity contribution in [2.75, 3.05) is 29.9 Å². The molecule has 2 aromatic rings. The lowest BCUT2D eigenvalue weighted by Crippen LogP contribution is -2.47. The topological polar surface area (TPSA) is 61.4 Å². The molecule has 5 nitrogen and oxygen atoms in total. The molecular weight excluding hydrogens is 358 g/mol. The number of thiophene rings is 1. The van der Waals surface area contributed by atoms with E-state index in [4.69, 9.17) is 11.6 Å². The number of hydrogen-bond acceptors (Lipinski definition) is 4. The third-order valence-corrected chi connectivity index (χ3v) is 5.02. The molecule has 0 bridgehead atoms. The highest BCUT2D eigenvalue weighted by molar-refractivity contribution is 7.12. The Morgan fingerprint density at radius 2 is 2.20 bits per heavy atom. The predicted octanol–water partition coefficient (Wildman–Crippen LogP) is 3.30. The summed E-state index contributed by atoms with van der Waals surface area (Å²) in [5.74, 6) is -0.235. The van der Waals surface area contributed by atoms with Crippen molar-refractivity contribution < 1.29 is 9.59 Å². The zero-order chi connectivity index (χ0) is 17.8. The van der Waals surface area contributed by atoms with Gasteiger partial charge in [0.15, 0.2) is 0 Å². The maximum Gasteiger partial charge on any atom is 0.248 e. The SMILES string of the molecule is Cc1ccc(C=CC(=O)Nc2ccc(N3CCNC(=O)C3)c(Cl)c2)s1. The van der Waals surface area contributed by atoms with Crippen LogP contribution in [0, 0.1) is 6.92 Å². The maximum atomic E-state index is 12.0. The average Bonchev–Trinajstić information content (AvgIpc) is 2.98. The maximum absolute atomic E-state index is 12.0. The smallest absolute Gasteiger partial charge is 0.248 e. The summed E-state index contributed by atoms with van der Waals surface area (Å²) in [6.07, 6.45) is 3.29. The van der Waals surface area contributed by atoms with E-state index in [1.165, 1.54) is 11.0 Å². The zero-order valence-electron chi connectivity index (χ0n) is 13.7. The molecule has 1 aromatic heterocycles. The van der Waals surface area contributed by atoms with Crippen LogP contribution < -0.4 is 15.5 Å². The Morgan fingerprint density at radius 1 is 1.36 bits per heavy atom. The molecule has 0 saturated carbocycles. The fourth-order valence-electron chi connectivity index (χ4n) is 2.57. The highest BCUT2D eigenvalue weighted by Crippen LogP contribution is 2.29. The first kappa shape index (κ1) is 17.5. The molecule has 1 aliphatic rings. The molecule has 2 N–H and O–H groups in total. The third-order valence-electron chi connectivity index (χ3n) is 3.75. The van der Waals surface area contributed by atoms with Crippen LogP contribution in [-0.2, 0) is 9.59 Å². The first-order valence-corrected chi connectivity index (χ1v) is 9.07. The van der Waals surface area contributed by atoms with Crippen LogP contribution in [0.4, 0.5) is 11.4 Å². The molecule has 1 aromatic carbocycles. The first-order chi connectivity index (χ1) is 12.0. The van der Waals surface area contributed by atoms with Gasteiger partial charge in [-0.3, -0.25) is 9.59 Å². The number of carbonyl (C=O) groups is 2. The summed E-state index contributed by atoms with van der Waals surface area (Å²) < 4.78 is 0. The Balaban J connectivity index is 1.65. The van der Waals surface area contributed by atoms with Crippen molar-refractivity contribution in [3.8, 4) is 0 Å². The minimum absolute atomic E-state index is 0.0198. The number of anilines is 2. The summed E-state index contributed by atoms with van der Waals surface area (Å²) in [6, 6.07) is 9.30. The van der Waals surface area contributed by atoms with Crippen molar-refractivity contribution in [1.82, 2.24) is 5.32 Å². The molecule has 1 aliphatic heterocycles. The van der Waals surface area contributed by atoms with Crippen LogP contribution in [0.25, 0.3) is 6.08 Å². The van der Waals surface area contributed by atoms with Crippen molar-refractivity contribution >= 4 is 52.2 Å². The number of amides is 2. The second kappa shape index (κ2) is 7.72. The Kier molecular flexibility index (Phi) is 5.40. The van der Waals surface area contributed by atoms with Crippen LogP contribution in [-0.4, -0.2) is 31.4 Å². The lowest BCUT2D eigenvalue weighted by molar-refractivity contribution is -0.120. The summed E-state index contributed by atoms with van der Waals surface area (Å²) in [5, 5.41) is 6.08. The minimum Gasteiger partial charge on any atom is -0.359 e. The highest BCUT2D eigenvalue weighted by atomic mass is 35.5. The molecule has 0 spiro atoms. The molecule has 7 heteroatoms. The molecule has 0 radical (unpaired) electrons. The van der Waals surface area contributed by atoms with Crippen LogP contribution in [0.1, 0.15) is 9.75 Å². The largest absolute Gasteiger partial charge is 0.359 e. The summed E-state index contributed by atoms with van der Waals surface area (Å²) in [5.41, 5.74) is 1.41. The van der Waals surface area contributed by atoms with E-state index >= 15 is 0 Å². The van der Waals surface area contributed by atoms with Gasteiger partial charge in [-0.25, -0.2) is 0 Å². The fourth-order valence-corrected chi connectivity index (χ4v) is 3.65. The van der Waals surface area contributed by atoms with Crippen LogP contribution in [0.3, 0.4) is 0 Å². The Bertz CT molecular complexity index is 831. The number of nitrogens with zero attached hydrogens (tertiary/aromatic N) is 1. The number of benzene rings is 1. The van der Waals surface area contributed by atoms with Gasteiger partial charge >= 0.3 is 0 Å². The van der Waals surface area contributed by atoms with Gasteiger partial charge in [-0.2, -0.15) is 0 Å². The van der Waals surface area contributed by atoms with E-state index in [1.54, 1.807) is 29.5 Å². The van der Waals surface area contributed by atoms with E-state index in [-0.39, 0.29) is 18.4 Å². The quantitative estimate of drug-likeness (QED) is 0.806. The van der Waals surface area contributed by atoms with Gasteiger partial charge in [0.25, 0.3) is 0 Å². The van der Waals surface area contributed by atoms with Crippen LogP contribution >= 0.6 is 22.9 Å². The molecule has 25 heavy (non-hydrogen) atoms. The van der Waals surface area contributed by atoms with Gasteiger partial charge in [-0.15, -0.1) is 11.3 Å². The second-order valence-electron chi connectivity index (χ2n) is 5.71. The van der Waals surface area contributed by atoms with E-state index in [9.17, 15) is 9.59 Å². The monoisotopic (exact) mass is 375 g/mol. The van der Waals surface area contributed by atoms with Crippen LogP contribution in [0.2, 0.25) is 5.02 Å². The fraction of sp³-hybridized carbons (Fsp3) is 0.222. The van der Waals surface area contributed by atoms with E-state index in [1.807, 2.05) is 30.0 Å². The molecule has 0 unspecified atom stereocenters. The number of aryl methyl sites for hydroxylation is 1. The summed E-state index contributed by atoms with van der Waals surface area (Å²) in [7, 11) is 0. The number of halogens is 1. The summed E-state index contributed by atoms with van der Waals surface area (Å²) >= 11 is 7.96. The Morgan fingerprint density at radius 3 is 2.88 bits per heavy atom. The molecule has 1 fully saturated rings. The zero-order valence-corrected chi connectivity index (χ0v) is 15.3. The van der Waals surface area contributed by atoms with E-state index in [2.05, 4.69) is 10.6 Å². The first-order valence-electron chi connectivity index (χ1n) is 7.88. The van der Waals surface area contributed by atoms with Gasteiger partial charge in [0.05, 0.1) is 17.3 Å². The van der Waals surface area contributed by atoms with Crippen molar-refractivity contribution in [2.24, 2.45) is 0 Å². The van der Waals surface area contributed by atoms with Gasteiger partial charge in [-0.05, 0) is 43.3 Å². The number of rotatable bonds is 4. The van der Waals surface area contributed by atoms with Crippen molar-refractivity contribution in [3.05, 3.63) is 51.2 Å². The van der Waals surface area contributed by atoms with Crippen LogP contribution in [0.15, 0.2) is 36.4 Å². The van der Waals surface area contributed by atoms with E-state index in [0.717, 1.165) is 10.6 Å². The van der Waals surface area contributed by atoms with Gasteiger partial charge < -0.3 is 15.5 Å². The standard InChI is InChI=1S/C18H18ClN3O2S/c1-12-2-4-14(25-12)5-7-17(23)21-13-3-6-16(15(19)10-13)22-9-8-20-18(24)11-22/h2-7,10H,8-9,11H2,1H3,(H,20,24)(H,21,23). The van der Waals surface area contributed by atoms with Crippen LogP contribution in [0.5, 0.6) is 0 Å². The third kappa shape index (κ3) is 4.61. The molecular formula is C18H18ClN3O2S. The predicted molar refractivity (Wildman–Crippen MR) is 103 cm³/mol. The van der Waals surface area contributed by atoms with Gasteiger partial charge in [0.2, 0.25) is 11.8 Å². The Hall–Kier alpha value is -2.31. The second-order valence-corrected chi connectivity index (χ2v) is 7.44. The molecule has 130 valence electrons. The molecule has 2 amide bonds. The Labute approximate surface area is 155 Å². The van der Waals surface area contributed by atoms with Crippen molar-refractivity contribution in [2.45, 2.75) is 6.92 Å². The number of nitrogens with one attached hydrogen (secondary N) is 2. The molecule has 0 atom stereocenters.